The normalized spacial score (nSPS) is 20.8. The van der Waals surface area contributed by atoms with E-state index in [1.165, 1.54) is 0 Å². The molecule has 4 rings (SSSR count). The number of hydrogen-bond donors (Lipinski definition) is 1. The number of aryl methyl sites for hydroxylation is 1. The van der Waals surface area contributed by atoms with Crippen molar-refractivity contribution in [2.75, 3.05) is 31.1 Å². The fraction of sp³-hybridized carbons (Fsp3) is 0.500. The van der Waals surface area contributed by atoms with E-state index < -0.39 is 0 Å². The molecule has 4 heterocycles. The summed E-state index contributed by atoms with van der Waals surface area (Å²) in [5.74, 6) is 2.54. The summed E-state index contributed by atoms with van der Waals surface area (Å²) in [7, 11) is 0. The lowest BCUT2D eigenvalue weighted by atomic mass is 10.1. The van der Waals surface area contributed by atoms with Crippen LogP contribution >= 0.6 is 24.0 Å². The molecule has 0 radical (unpaired) electrons. The Labute approximate surface area is 164 Å². The molecule has 0 bridgehead atoms. The molecule has 25 heavy (non-hydrogen) atoms. The van der Waals surface area contributed by atoms with Gasteiger partial charge in [0.25, 0.3) is 0 Å². The molecule has 9 heteroatoms. The average molecular weight is 454 g/mol. The summed E-state index contributed by atoms with van der Waals surface area (Å²) in [6, 6.07) is 2.07. The first kappa shape index (κ1) is 17.9. The molecule has 0 aromatic carbocycles. The van der Waals surface area contributed by atoms with Crippen molar-refractivity contribution < 1.29 is 0 Å². The smallest absolute Gasteiger partial charge is 0.225 e. The predicted octanol–water partition coefficient (Wildman–Crippen LogP) is 0.743. The lowest BCUT2D eigenvalue weighted by Gasteiger charge is -2.35. The third-order valence-corrected chi connectivity index (χ3v) is 4.68. The molecule has 134 valence electrons. The summed E-state index contributed by atoms with van der Waals surface area (Å²) >= 11 is 0. The second-order valence-corrected chi connectivity index (χ2v) is 6.19. The largest absolute Gasteiger partial charge is 0.370 e. The van der Waals surface area contributed by atoms with Crippen LogP contribution in [0.25, 0.3) is 0 Å². The highest BCUT2D eigenvalue weighted by molar-refractivity contribution is 14.0. The molecule has 0 amide bonds. The summed E-state index contributed by atoms with van der Waals surface area (Å²) in [6.45, 7) is 4.37. The second kappa shape index (κ2) is 7.98. The summed E-state index contributed by atoms with van der Waals surface area (Å²) in [5, 5.41) is 0. The lowest BCUT2D eigenvalue weighted by molar-refractivity contribution is 0.372. The number of imidazole rings is 1. The number of hydrogen-bond acceptors (Lipinski definition) is 5. The van der Waals surface area contributed by atoms with E-state index in [0.29, 0.717) is 5.96 Å². The maximum Gasteiger partial charge on any atom is 0.225 e. The van der Waals surface area contributed by atoms with E-state index in [0.717, 1.165) is 57.3 Å². The molecule has 0 aliphatic carbocycles. The van der Waals surface area contributed by atoms with E-state index in [2.05, 4.69) is 29.3 Å². The Bertz CT molecular complexity index is 708. The first-order chi connectivity index (χ1) is 11.8. The van der Waals surface area contributed by atoms with E-state index in [1.807, 2.05) is 18.5 Å². The Hall–Kier alpha value is -1.91. The van der Waals surface area contributed by atoms with Crippen LogP contribution in [0.3, 0.4) is 0 Å². The number of aliphatic imine (C=N–C) groups is 1. The number of aromatic nitrogens is 4. The maximum atomic E-state index is 6.26. The Morgan fingerprint density at radius 1 is 1.04 bits per heavy atom. The van der Waals surface area contributed by atoms with Crippen LogP contribution in [0.15, 0.2) is 35.8 Å². The Kier molecular flexibility index (Phi) is 5.71. The number of rotatable bonds is 2. The maximum absolute atomic E-state index is 6.26. The second-order valence-electron chi connectivity index (χ2n) is 6.19. The van der Waals surface area contributed by atoms with Crippen LogP contribution in [-0.4, -0.2) is 62.6 Å². The van der Waals surface area contributed by atoms with Gasteiger partial charge in [0.15, 0.2) is 5.96 Å². The van der Waals surface area contributed by atoms with Gasteiger partial charge in [-0.25, -0.2) is 19.9 Å². The van der Waals surface area contributed by atoms with Crippen LogP contribution in [0.2, 0.25) is 0 Å². The van der Waals surface area contributed by atoms with Gasteiger partial charge in [-0.3, -0.25) is 0 Å². The van der Waals surface area contributed by atoms with Crippen LogP contribution in [0.1, 0.15) is 12.2 Å². The van der Waals surface area contributed by atoms with Gasteiger partial charge in [-0.05, 0) is 12.5 Å². The quantitative estimate of drug-likeness (QED) is 0.409. The van der Waals surface area contributed by atoms with Gasteiger partial charge in [-0.2, -0.15) is 0 Å². The van der Waals surface area contributed by atoms with Crippen molar-refractivity contribution in [1.82, 2.24) is 24.4 Å². The van der Waals surface area contributed by atoms with E-state index >= 15 is 0 Å². The third-order valence-electron chi connectivity index (χ3n) is 4.68. The van der Waals surface area contributed by atoms with Crippen molar-refractivity contribution in [2.45, 2.75) is 25.4 Å². The fourth-order valence-electron chi connectivity index (χ4n) is 3.30. The van der Waals surface area contributed by atoms with Gasteiger partial charge in [0.05, 0.1) is 6.04 Å². The Morgan fingerprint density at radius 3 is 2.56 bits per heavy atom. The van der Waals surface area contributed by atoms with E-state index in [9.17, 15) is 0 Å². The van der Waals surface area contributed by atoms with Gasteiger partial charge in [-0.15, -0.1) is 24.0 Å². The molecule has 0 spiro atoms. The zero-order valence-corrected chi connectivity index (χ0v) is 16.4. The first-order valence-corrected chi connectivity index (χ1v) is 8.40. The van der Waals surface area contributed by atoms with E-state index in [-0.39, 0.29) is 30.0 Å². The third kappa shape index (κ3) is 4.02. The molecule has 8 nitrogen and oxygen atoms in total. The van der Waals surface area contributed by atoms with Gasteiger partial charge in [0.2, 0.25) is 5.95 Å². The van der Waals surface area contributed by atoms with Crippen LogP contribution in [-0.2, 0) is 13.0 Å². The number of nitrogens with zero attached hydrogens (tertiary/aromatic N) is 7. The molecule has 1 unspecified atom stereocenters. The van der Waals surface area contributed by atoms with Crippen LogP contribution in [0, 0.1) is 0 Å². The fourth-order valence-corrected chi connectivity index (χ4v) is 3.30. The molecule has 1 fully saturated rings. The molecule has 2 N–H and O–H groups in total. The van der Waals surface area contributed by atoms with E-state index in [4.69, 9.17) is 10.7 Å². The molecule has 1 saturated heterocycles. The lowest BCUT2D eigenvalue weighted by Crippen LogP contribution is -2.52. The van der Waals surface area contributed by atoms with Crippen LogP contribution in [0.5, 0.6) is 0 Å². The van der Waals surface area contributed by atoms with Gasteiger partial charge in [0, 0.05) is 63.9 Å². The molecular weight excluding hydrogens is 431 g/mol. The zero-order valence-electron chi connectivity index (χ0n) is 14.0. The van der Waals surface area contributed by atoms with Gasteiger partial charge < -0.3 is 20.1 Å². The van der Waals surface area contributed by atoms with Crippen molar-refractivity contribution in [3.63, 3.8) is 0 Å². The number of piperazine rings is 1. The SMILES string of the molecule is I.NC(=NC1CCn2ccnc2C1)N1CCN(c2ncccn2)CC1. The van der Waals surface area contributed by atoms with Crippen molar-refractivity contribution in [3.05, 3.63) is 36.7 Å². The highest BCUT2D eigenvalue weighted by Gasteiger charge is 2.23. The minimum absolute atomic E-state index is 0. The summed E-state index contributed by atoms with van der Waals surface area (Å²) in [6.07, 6.45) is 9.32. The first-order valence-electron chi connectivity index (χ1n) is 8.40. The molecular formula is C16H23IN8. The van der Waals surface area contributed by atoms with Crippen molar-refractivity contribution in [1.29, 1.82) is 0 Å². The van der Waals surface area contributed by atoms with E-state index in [1.54, 1.807) is 12.4 Å². The summed E-state index contributed by atoms with van der Waals surface area (Å²) in [4.78, 5) is 22.1. The molecule has 2 aliphatic rings. The van der Waals surface area contributed by atoms with Gasteiger partial charge >= 0.3 is 0 Å². The van der Waals surface area contributed by atoms with Gasteiger partial charge in [-0.1, -0.05) is 0 Å². The highest BCUT2D eigenvalue weighted by atomic mass is 127. The Balaban J connectivity index is 0.00000182. The van der Waals surface area contributed by atoms with Crippen LogP contribution in [0.4, 0.5) is 5.95 Å². The molecule has 0 saturated carbocycles. The highest BCUT2D eigenvalue weighted by Crippen LogP contribution is 2.16. The number of nitrogens with two attached hydrogens (primary N) is 1. The van der Waals surface area contributed by atoms with Crippen molar-refractivity contribution in [2.24, 2.45) is 10.7 Å². The monoisotopic (exact) mass is 454 g/mol. The Morgan fingerprint density at radius 2 is 1.80 bits per heavy atom. The van der Waals surface area contributed by atoms with Gasteiger partial charge in [0.1, 0.15) is 5.82 Å². The predicted molar refractivity (Wildman–Crippen MR) is 107 cm³/mol. The minimum Gasteiger partial charge on any atom is -0.370 e. The molecule has 2 aromatic heterocycles. The number of anilines is 1. The standard InChI is InChI=1S/C16H22N8.HI/c17-15(21-13-2-6-22-7-5-18-14(22)12-13)23-8-10-24(11-9-23)16-19-3-1-4-20-16;/h1,3-5,7,13H,2,6,8-12H2,(H2,17,21);1H. The molecule has 2 aromatic rings. The van der Waals surface area contributed by atoms with Crippen molar-refractivity contribution in [3.8, 4) is 0 Å². The number of halogens is 1. The minimum atomic E-state index is 0. The van der Waals surface area contributed by atoms with Crippen molar-refractivity contribution >= 4 is 35.9 Å². The summed E-state index contributed by atoms with van der Waals surface area (Å²) in [5.41, 5.74) is 6.26. The summed E-state index contributed by atoms with van der Waals surface area (Å²) < 4.78 is 2.20. The number of guanidine groups is 1. The average Bonchev–Trinajstić information content (AvgIpc) is 3.10. The molecule has 1 atom stereocenters. The molecule has 2 aliphatic heterocycles. The topological polar surface area (TPSA) is 88.5 Å². The number of fused-ring (bicyclic) bond motifs is 1. The zero-order chi connectivity index (χ0) is 16.4. The van der Waals surface area contributed by atoms with Crippen LogP contribution < -0.4 is 10.6 Å².